The van der Waals surface area contributed by atoms with Crippen molar-refractivity contribution < 1.29 is 44.0 Å². The standard InChI is InChI=1S/C48H68N4O8/c1-24(2)23-52(25(3)4)20-18-48(19-21-52)50-37-34-35-42(55)33(12)44-36(34)45(57)47(13,60-44)59-22-17-26(5)29(8)30(9)31(10)41(54)32(11)40(53)27(6)15-14-16-28(7)46(58)49-39(43(35)56)38(37)51-48/h14-17,22,24-27,29-32,40-41,53-54H,18-21,23H2,1-13H3,(H2-,49,50,51,55,56,57,58)/p+1/b15-14+,22-17+,28-16-/t26-,27-,29+,30+,31-,32+,40-,41-,47-,48?,52?/m0/s1. The van der Waals surface area contributed by atoms with Crippen LogP contribution in [0.5, 0.6) is 17.2 Å². The van der Waals surface area contributed by atoms with E-state index in [-0.39, 0.29) is 79.3 Å². The summed E-state index contributed by atoms with van der Waals surface area (Å²) in [4.78, 5) is 38.4. The number of phenols is 2. The quantitative estimate of drug-likeness (QED) is 0.162. The van der Waals surface area contributed by atoms with Gasteiger partial charge in [0.05, 0.1) is 60.8 Å². The maximum Gasteiger partial charge on any atom is 0.312 e. The molecule has 0 saturated carbocycles. The number of aliphatic hydroxyl groups excluding tert-OH is 2. The molecule has 1 amide bonds. The van der Waals surface area contributed by atoms with Gasteiger partial charge in [0.1, 0.15) is 27.9 Å². The van der Waals surface area contributed by atoms with Crippen molar-refractivity contribution in [1.82, 2.24) is 0 Å². The summed E-state index contributed by atoms with van der Waals surface area (Å²) in [5.41, 5.74) is 0.210. The molecule has 1 spiro atoms. The Hall–Kier alpha value is -4.26. The number of ketones is 1. The number of rotatable bonds is 3. The Morgan fingerprint density at radius 1 is 0.850 bits per heavy atom. The second-order valence-electron chi connectivity index (χ2n) is 19.6. The second-order valence-corrected chi connectivity index (χ2v) is 19.6. The van der Waals surface area contributed by atoms with E-state index in [0.29, 0.717) is 30.5 Å². The van der Waals surface area contributed by atoms with Crippen LogP contribution in [0, 0.1) is 48.3 Å². The highest BCUT2D eigenvalue weighted by Crippen LogP contribution is 2.51. The van der Waals surface area contributed by atoms with Crippen molar-refractivity contribution in [3.63, 3.8) is 0 Å². The first kappa shape index (κ1) is 45.3. The first-order chi connectivity index (χ1) is 28.0. The Kier molecular flexibility index (Phi) is 12.5. The first-order valence-corrected chi connectivity index (χ1v) is 22.0. The average Bonchev–Trinajstić information content (AvgIpc) is 3.70. The fourth-order valence-electron chi connectivity index (χ4n) is 10.1. The molecule has 1 fully saturated rings. The summed E-state index contributed by atoms with van der Waals surface area (Å²) >= 11 is 0. The minimum absolute atomic E-state index is 0.0254. The van der Waals surface area contributed by atoms with Gasteiger partial charge in [-0.2, -0.15) is 0 Å². The molecule has 1 saturated heterocycles. The molecular weight excluding hydrogens is 761 g/mol. The smallest absolute Gasteiger partial charge is 0.312 e. The number of quaternary nitrogens is 1. The van der Waals surface area contributed by atoms with E-state index in [1.54, 1.807) is 39.0 Å². The number of phenolic OH excluding ortho intramolecular Hbond substituents is 2. The maximum absolute atomic E-state index is 14.7. The molecule has 5 N–H and O–H groups in total. The van der Waals surface area contributed by atoms with Crippen molar-refractivity contribution >= 4 is 28.2 Å². The molecule has 0 radical (unpaired) electrons. The third kappa shape index (κ3) is 7.77. The van der Waals surface area contributed by atoms with E-state index in [0.717, 1.165) is 24.1 Å². The first-order valence-electron chi connectivity index (χ1n) is 22.0. The number of benzene rings is 2. The lowest BCUT2D eigenvalue weighted by atomic mass is 9.72. The number of nitrogens with zero attached hydrogens (tertiary/aromatic N) is 3. The van der Waals surface area contributed by atoms with Crippen LogP contribution < -0.4 is 20.8 Å². The lowest BCUT2D eigenvalue weighted by molar-refractivity contribution is -0.955. The zero-order valence-electron chi connectivity index (χ0n) is 38.0. The number of nitrogens with one attached hydrogen (secondary N) is 1. The summed E-state index contributed by atoms with van der Waals surface area (Å²) in [6.07, 6.45) is 8.12. The highest BCUT2D eigenvalue weighted by Gasteiger charge is 2.52. The van der Waals surface area contributed by atoms with Gasteiger partial charge in [-0.3, -0.25) is 14.6 Å². The van der Waals surface area contributed by atoms with E-state index >= 15 is 0 Å². The minimum Gasteiger partial charge on any atom is -0.507 e. The summed E-state index contributed by atoms with van der Waals surface area (Å²) < 4.78 is 13.5. The Morgan fingerprint density at radius 3 is 2.12 bits per heavy atom. The van der Waals surface area contributed by atoms with Crippen molar-refractivity contribution in [3.8, 4) is 17.2 Å². The molecule has 60 heavy (non-hydrogen) atoms. The van der Waals surface area contributed by atoms with Crippen LogP contribution in [-0.4, -0.2) is 85.9 Å². The van der Waals surface area contributed by atoms with Gasteiger partial charge < -0.3 is 39.7 Å². The second kappa shape index (κ2) is 16.5. The number of carbonyl (C=O) groups is 2. The number of carbonyl (C=O) groups excluding carboxylic acids is 2. The Labute approximate surface area is 355 Å². The molecule has 9 atom stereocenters. The number of piperidine rings is 1. The molecule has 7 rings (SSSR count). The fourth-order valence-corrected chi connectivity index (χ4v) is 10.1. The van der Waals surface area contributed by atoms with Gasteiger partial charge in [-0.25, -0.2) is 4.99 Å². The van der Waals surface area contributed by atoms with Gasteiger partial charge in [0.15, 0.2) is 5.75 Å². The van der Waals surface area contributed by atoms with Crippen molar-refractivity contribution in [3.05, 3.63) is 58.0 Å². The number of hydrogen-bond donors (Lipinski definition) is 5. The molecule has 5 bridgehead atoms. The number of allylic oxidation sites excluding steroid dienone is 3. The van der Waals surface area contributed by atoms with Crippen LogP contribution >= 0.6 is 0 Å². The van der Waals surface area contributed by atoms with E-state index in [9.17, 15) is 30.0 Å². The molecule has 5 aliphatic heterocycles. The van der Waals surface area contributed by atoms with E-state index < -0.39 is 47.0 Å². The summed E-state index contributed by atoms with van der Waals surface area (Å²) in [6, 6.07) is 0.391. The normalized spacial score (nSPS) is 37.0. The highest BCUT2D eigenvalue weighted by molar-refractivity contribution is 6.21. The lowest BCUT2D eigenvalue weighted by Crippen LogP contribution is -2.62. The number of likely N-dealkylation sites (tertiary alicyclic amines) is 1. The number of anilines is 1. The van der Waals surface area contributed by atoms with Gasteiger partial charge in [0.25, 0.3) is 11.7 Å². The summed E-state index contributed by atoms with van der Waals surface area (Å²) in [7, 11) is 0. The van der Waals surface area contributed by atoms with Crippen LogP contribution in [0.2, 0.25) is 0 Å². The molecule has 0 aliphatic carbocycles. The highest BCUT2D eigenvalue weighted by atomic mass is 16.7. The van der Waals surface area contributed by atoms with E-state index in [1.807, 2.05) is 26.8 Å². The molecule has 5 aliphatic rings. The van der Waals surface area contributed by atoms with Gasteiger partial charge in [0, 0.05) is 54.0 Å². The van der Waals surface area contributed by atoms with Gasteiger partial charge in [-0.1, -0.05) is 73.6 Å². The van der Waals surface area contributed by atoms with Gasteiger partial charge in [0.2, 0.25) is 0 Å². The van der Waals surface area contributed by atoms with Crippen molar-refractivity contribution in [1.29, 1.82) is 0 Å². The molecule has 328 valence electrons. The third-order valence-electron chi connectivity index (χ3n) is 14.8. The Bertz CT molecular complexity index is 2250. The minimum atomic E-state index is -1.81. The molecule has 0 unspecified atom stereocenters. The summed E-state index contributed by atoms with van der Waals surface area (Å²) in [5.74, 6) is -3.91. The zero-order valence-corrected chi connectivity index (χ0v) is 38.0. The molecule has 12 heteroatoms. The number of hydrogen-bond acceptors (Lipinski definition) is 10. The van der Waals surface area contributed by atoms with Crippen LogP contribution in [0.15, 0.2) is 46.1 Å². The predicted molar refractivity (Wildman–Crippen MR) is 233 cm³/mol. The largest absolute Gasteiger partial charge is 0.507 e. The average molecular weight is 830 g/mol. The molecule has 2 aromatic carbocycles. The molecule has 12 nitrogen and oxygen atoms in total. The van der Waals surface area contributed by atoms with E-state index in [4.69, 9.17) is 14.5 Å². The predicted octanol–water partition coefficient (Wildman–Crippen LogP) is 7.00. The molecule has 5 heterocycles. The Morgan fingerprint density at radius 2 is 1.50 bits per heavy atom. The SMILES string of the molecule is C/C1=C/C=C/[C@H](C)[C@H](O)[C@@H](C)[C@@H](O)[C@@H](C)[C@H](C)[C@H](C)[C@@H](C)/C=C/O[C@@]2(C)Oc3c(C)c(O)c4c(O)c(c5c(c4c3C2=O)NC2(CC[N+](CC(C)C)(C(C)C)CC2)N=5)=NC1=O. The number of fused-ring (bicyclic) bond motifs is 13. The topological polar surface area (TPSA) is 170 Å². The summed E-state index contributed by atoms with van der Waals surface area (Å²) in [5, 5.41) is 50.9. The number of aromatic hydroxyl groups is 2. The van der Waals surface area contributed by atoms with Gasteiger partial charge >= 0.3 is 5.79 Å². The van der Waals surface area contributed by atoms with Crippen LogP contribution in [0.25, 0.3) is 10.8 Å². The number of aliphatic hydroxyl groups is 2. The monoisotopic (exact) mass is 830 g/mol. The number of amides is 1. The van der Waals surface area contributed by atoms with Crippen LogP contribution in [-0.2, 0) is 9.53 Å². The van der Waals surface area contributed by atoms with Gasteiger partial charge in [-0.15, -0.1) is 0 Å². The number of ether oxygens (including phenoxy) is 2. The van der Waals surface area contributed by atoms with Crippen LogP contribution in [0.1, 0.15) is 112 Å². The third-order valence-corrected chi connectivity index (χ3v) is 14.8. The van der Waals surface area contributed by atoms with Crippen LogP contribution in [0.3, 0.4) is 0 Å². The lowest BCUT2D eigenvalue weighted by Gasteiger charge is -2.50. The molecular formula is C48H69N4O8+. The molecule has 0 aromatic heterocycles. The number of Topliss-reactive ketones (excluding diaryl/α,β-unsaturated/α-hetero) is 1. The fraction of sp³-hybridized carbons (Fsp3) is 0.625. The van der Waals surface area contributed by atoms with E-state index in [1.165, 1.54) is 6.26 Å². The van der Waals surface area contributed by atoms with Crippen molar-refractivity contribution in [2.45, 2.75) is 133 Å². The zero-order chi connectivity index (χ0) is 44.4. The summed E-state index contributed by atoms with van der Waals surface area (Å²) in [6.45, 7) is 28.4. The van der Waals surface area contributed by atoms with Crippen molar-refractivity contribution in [2.24, 2.45) is 51.4 Å². The van der Waals surface area contributed by atoms with E-state index in [2.05, 4.69) is 58.8 Å². The van der Waals surface area contributed by atoms with Crippen molar-refractivity contribution in [2.75, 3.05) is 25.0 Å². The Balaban J connectivity index is 1.56. The van der Waals surface area contributed by atoms with Crippen LogP contribution in [0.4, 0.5) is 5.69 Å². The maximum atomic E-state index is 14.7. The van der Waals surface area contributed by atoms with Gasteiger partial charge in [-0.05, 0) is 57.4 Å². The molecule has 2 aromatic rings.